The molecule has 0 fully saturated rings. The van der Waals surface area contributed by atoms with Crippen molar-refractivity contribution in [2.24, 2.45) is 11.8 Å². The molecule has 1 aliphatic rings. The lowest BCUT2D eigenvalue weighted by molar-refractivity contribution is -0.147. The van der Waals surface area contributed by atoms with Gasteiger partial charge in [0.2, 0.25) is 5.91 Å². The number of hydrogen-bond donors (Lipinski definition) is 1. The fraction of sp³-hybridized carbons (Fsp3) is 0.680. The van der Waals surface area contributed by atoms with Crippen LogP contribution in [0.1, 0.15) is 59.8 Å². The van der Waals surface area contributed by atoms with Gasteiger partial charge in [0.1, 0.15) is 11.4 Å². The number of imide groups is 1. The summed E-state index contributed by atoms with van der Waals surface area (Å²) in [5, 5.41) is 9.32. The fourth-order valence-corrected chi connectivity index (χ4v) is 3.64. The summed E-state index contributed by atoms with van der Waals surface area (Å²) in [6.07, 6.45) is 3.23. The van der Waals surface area contributed by atoms with Crippen LogP contribution in [0.5, 0.6) is 0 Å². The summed E-state index contributed by atoms with van der Waals surface area (Å²) >= 11 is 0. The van der Waals surface area contributed by atoms with Crippen molar-refractivity contribution in [2.75, 3.05) is 33.7 Å². The molecule has 0 radical (unpaired) electrons. The molecule has 11 nitrogen and oxygen atoms in total. The first-order valence-corrected chi connectivity index (χ1v) is 12.1. The van der Waals surface area contributed by atoms with E-state index in [1.165, 1.54) is 29.0 Å². The average molecular weight is 510 g/mol. The van der Waals surface area contributed by atoms with E-state index in [-0.39, 0.29) is 43.7 Å². The number of carboxylic acid groups (broad SMARTS) is 1. The number of carbonyl (C=O) groups excluding carboxylic acids is 5. The van der Waals surface area contributed by atoms with E-state index in [9.17, 15) is 33.9 Å². The van der Waals surface area contributed by atoms with E-state index in [4.69, 9.17) is 4.74 Å². The third-order valence-corrected chi connectivity index (χ3v) is 5.88. The molecule has 1 rings (SSSR count). The van der Waals surface area contributed by atoms with E-state index in [0.717, 1.165) is 4.90 Å². The molecule has 11 heteroatoms. The molecule has 0 aromatic heterocycles. The van der Waals surface area contributed by atoms with E-state index in [0.29, 0.717) is 19.3 Å². The first-order valence-electron chi connectivity index (χ1n) is 12.1. The maximum absolute atomic E-state index is 13.0. The summed E-state index contributed by atoms with van der Waals surface area (Å²) in [6.45, 7) is 7.40. The number of unbranched alkanes of at least 4 members (excludes halogenated alkanes) is 2. The minimum atomic E-state index is -1.18. The smallest absolute Gasteiger partial charge is 0.410 e. The largest absolute Gasteiger partial charge is 0.481 e. The molecular weight excluding hydrogens is 470 g/mol. The molecule has 202 valence electrons. The van der Waals surface area contributed by atoms with Gasteiger partial charge < -0.3 is 19.6 Å². The normalized spacial score (nSPS) is 15.0. The summed E-state index contributed by atoms with van der Waals surface area (Å²) in [4.78, 5) is 76.2. The van der Waals surface area contributed by atoms with Crippen LogP contribution in [0.4, 0.5) is 4.79 Å². The van der Waals surface area contributed by atoms with E-state index < -0.39 is 41.8 Å². The predicted molar refractivity (Wildman–Crippen MR) is 131 cm³/mol. The second-order valence-corrected chi connectivity index (χ2v) is 10.1. The second-order valence-electron chi connectivity index (χ2n) is 10.1. The van der Waals surface area contributed by atoms with Crippen molar-refractivity contribution in [1.82, 2.24) is 14.7 Å². The zero-order chi connectivity index (χ0) is 27.6. The third kappa shape index (κ3) is 10.2. The highest BCUT2D eigenvalue weighted by atomic mass is 16.6. The van der Waals surface area contributed by atoms with Crippen LogP contribution in [0.15, 0.2) is 12.2 Å². The van der Waals surface area contributed by atoms with Gasteiger partial charge in [0.15, 0.2) is 0 Å². The van der Waals surface area contributed by atoms with Crippen molar-refractivity contribution in [3.05, 3.63) is 12.2 Å². The van der Waals surface area contributed by atoms with Crippen molar-refractivity contribution < 1.29 is 38.6 Å². The number of aliphatic carboxylic acids is 1. The van der Waals surface area contributed by atoms with Gasteiger partial charge in [0.25, 0.3) is 11.8 Å². The number of likely N-dealkylation sites (N-methyl/N-ethyl adjacent to an activating group) is 2. The standard InChI is InChI=1S/C25H39N3O8/c1-17(19(29)10-8-7-9-13-28-20(30)11-12-21(28)31)18(16-22(32)33)23(34)26(5)14-15-27(6)24(35)36-25(2,3)4/h11-12,17-18H,7-10,13-16H2,1-6H3,(H,32,33)/t17?,18-/m1/s1. The van der Waals surface area contributed by atoms with Crippen molar-refractivity contribution >= 4 is 35.6 Å². The molecule has 0 aromatic carbocycles. The molecule has 0 spiro atoms. The van der Waals surface area contributed by atoms with Crippen molar-refractivity contribution in [2.45, 2.75) is 65.4 Å². The summed E-state index contributed by atoms with van der Waals surface area (Å²) in [5.41, 5.74) is -0.657. The Morgan fingerprint density at radius 1 is 0.972 bits per heavy atom. The van der Waals surface area contributed by atoms with E-state index >= 15 is 0 Å². The molecule has 1 heterocycles. The third-order valence-electron chi connectivity index (χ3n) is 5.88. The number of nitrogens with zero attached hydrogens (tertiary/aromatic N) is 3. The molecule has 1 N–H and O–H groups in total. The Morgan fingerprint density at radius 3 is 2.06 bits per heavy atom. The van der Waals surface area contributed by atoms with Crippen LogP contribution < -0.4 is 0 Å². The van der Waals surface area contributed by atoms with Gasteiger partial charge >= 0.3 is 12.1 Å². The highest BCUT2D eigenvalue weighted by Crippen LogP contribution is 2.22. The van der Waals surface area contributed by atoms with Crippen LogP contribution >= 0.6 is 0 Å². The van der Waals surface area contributed by atoms with Crippen LogP contribution in [0.3, 0.4) is 0 Å². The van der Waals surface area contributed by atoms with E-state index in [2.05, 4.69) is 0 Å². The van der Waals surface area contributed by atoms with Crippen LogP contribution in [-0.2, 0) is 28.7 Å². The summed E-state index contributed by atoms with van der Waals surface area (Å²) < 4.78 is 5.28. The predicted octanol–water partition coefficient (Wildman–Crippen LogP) is 2.09. The van der Waals surface area contributed by atoms with Crippen LogP contribution in [0.25, 0.3) is 0 Å². The lowest BCUT2D eigenvalue weighted by atomic mass is 9.84. The van der Waals surface area contributed by atoms with Crippen LogP contribution in [0, 0.1) is 11.8 Å². The monoisotopic (exact) mass is 509 g/mol. The number of rotatable bonds is 14. The number of Topliss-reactive ketones (excluding diaryl/α,β-unsaturated/α-hetero) is 1. The van der Waals surface area contributed by atoms with Crippen LogP contribution in [-0.4, -0.2) is 94.7 Å². The van der Waals surface area contributed by atoms with E-state index in [1.54, 1.807) is 34.7 Å². The quantitative estimate of drug-likeness (QED) is 0.277. The van der Waals surface area contributed by atoms with Crippen molar-refractivity contribution in [1.29, 1.82) is 0 Å². The second kappa shape index (κ2) is 13.7. The zero-order valence-electron chi connectivity index (χ0n) is 22.1. The molecule has 1 aliphatic heterocycles. The molecule has 4 amide bonds. The van der Waals surface area contributed by atoms with Gasteiger partial charge in [0, 0.05) is 58.2 Å². The lowest BCUT2D eigenvalue weighted by Crippen LogP contribution is -2.43. The minimum absolute atomic E-state index is 0.147. The Balaban J connectivity index is 2.58. The summed E-state index contributed by atoms with van der Waals surface area (Å²) in [7, 11) is 3.05. The number of amides is 4. The van der Waals surface area contributed by atoms with Crippen molar-refractivity contribution in [3.8, 4) is 0 Å². The highest BCUT2D eigenvalue weighted by molar-refractivity contribution is 6.12. The van der Waals surface area contributed by atoms with Gasteiger partial charge in [-0.3, -0.25) is 28.9 Å². The maximum atomic E-state index is 13.0. The minimum Gasteiger partial charge on any atom is -0.481 e. The average Bonchev–Trinajstić information content (AvgIpc) is 3.10. The maximum Gasteiger partial charge on any atom is 0.410 e. The first kappa shape index (κ1) is 30.8. The molecular formula is C25H39N3O8. The molecule has 0 aliphatic carbocycles. The Labute approximate surface area is 212 Å². The van der Waals surface area contributed by atoms with Gasteiger partial charge in [0.05, 0.1) is 12.3 Å². The number of ketones is 1. The van der Waals surface area contributed by atoms with E-state index in [1.807, 2.05) is 0 Å². The summed E-state index contributed by atoms with van der Waals surface area (Å²) in [6, 6.07) is 0. The topological polar surface area (TPSA) is 142 Å². The Hall–Kier alpha value is -3.24. The van der Waals surface area contributed by atoms with Gasteiger partial charge in [-0.25, -0.2) is 4.79 Å². The molecule has 0 bridgehead atoms. The Kier molecular flexibility index (Phi) is 11.8. The molecule has 36 heavy (non-hydrogen) atoms. The molecule has 0 saturated carbocycles. The molecule has 0 aromatic rings. The van der Waals surface area contributed by atoms with Gasteiger partial charge in [-0.15, -0.1) is 0 Å². The van der Waals surface area contributed by atoms with Gasteiger partial charge in [-0.2, -0.15) is 0 Å². The number of ether oxygens (including phenoxy) is 1. The van der Waals surface area contributed by atoms with Gasteiger partial charge in [-0.05, 0) is 33.6 Å². The first-order chi connectivity index (χ1) is 16.6. The summed E-state index contributed by atoms with van der Waals surface area (Å²) in [5.74, 6) is -4.40. The molecule has 0 saturated heterocycles. The number of carboxylic acids is 1. The molecule has 1 unspecified atom stereocenters. The van der Waals surface area contributed by atoms with Gasteiger partial charge in [-0.1, -0.05) is 13.3 Å². The Bertz CT molecular complexity index is 859. The fourth-order valence-electron chi connectivity index (χ4n) is 3.64. The number of hydrogen-bond acceptors (Lipinski definition) is 7. The van der Waals surface area contributed by atoms with Crippen molar-refractivity contribution in [3.63, 3.8) is 0 Å². The molecule has 2 atom stereocenters. The SMILES string of the molecule is CC(C(=O)CCCCCN1C(=O)C=CC1=O)[C@@H](CC(=O)O)C(=O)N(C)CCN(C)C(=O)OC(C)(C)C. The van der Waals surface area contributed by atoms with Crippen LogP contribution in [0.2, 0.25) is 0 Å². The number of carbonyl (C=O) groups is 6. The Morgan fingerprint density at radius 2 is 1.53 bits per heavy atom. The lowest BCUT2D eigenvalue weighted by Gasteiger charge is -2.29. The highest BCUT2D eigenvalue weighted by Gasteiger charge is 2.34. The zero-order valence-corrected chi connectivity index (χ0v) is 22.1.